The fourth-order valence-electron chi connectivity index (χ4n) is 2.90. The van der Waals surface area contributed by atoms with Crippen LogP contribution in [0.1, 0.15) is 35.9 Å². The molecular formula is C17H22N4O3S. The molecule has 25 heavy (non-hydrogen) atoms. The van der Waals surface area contributed by atoms with E-state index in [4.69, 9.17) is 0 Å². The van der Waals surface area contributed by atoms with Gasteiger partial charge >= 0.3 is 0 Å². The van der Waals surface area contributed by atoms with Crippen molar-refractivity contribution in [2.45, 2.75) is 31.7 Å². The minimum Gasteiger partial charge on any atom is -0.350 e. The predicted molar refractivity (Wildman–Crippen MR) is 94.5 cm³/mol. The molecule has 0 fully saturated rings. The van der Waals surface area contributed by atoms with Crippen LogP contribution in [0.5, 0.6) is 0 Å². The van der Waals surface area contributed by atoms with Gasteiger partial charge in [-0.25, -0.2) is 8.42 Å². The van der Waals surface area contributed by atoms with Gasteiger partial charge in [0.05, 0.1) is 23.5 Å². The summed E-state index contributed by atoms with van der Waals surface area (Å²) in [7, 11) is -3.36. The largest absolute Gasteiger partial charge is 0.350 e. The molecule has 0 saturated carbocycles. The summed E-state index contributed by atoms with van der Waals surface area (Å²) in [5.41, 5.74) is 1.40. The van der Waals surface area contributed by atoms with Gasteiger partial charge in [0.1, 0.15) is 0 Å². The third-order valence-electron chi connectivity index (χ3n) is 4.34. The zero-order chi connectivity index (χ0) is 18.0. The number of rotatable bonds is 5. The number of carbonyl (C=O) groups excluding carboxylic acids is 1. The molecule has 1 atom stereocenters. The third-order valence-corrected chi connectivity index (χ3v) is 6.53. The van der Waals surface area contributed by atoms with Gasteiger partial charge in [0.15, 0.2) is 0 Å². The molecule has 0 saturated heterocycles. The molecule has 1 aliphatic rings. The number of benzene rings is 1. The van der Waals surface area contributed by atoms with Gasteiger partial charge in [-0.1, -0.05) is 18.2 Å². The standard InChI is InChI=1S/C17H22N4O3S/c1-13(2)25(23,24)20-11-15-8-9-19-21(15)16(12-20)10-18-17(22)14-6-4-3-5-7-14/h3-9,13,16H,10-12H2,1-2H3,(H,18,22). The maximum Gasteiger partial charge on any atom is 0.251 e. The maximum atomic E-state index is 12.5. The summed E-state index contributed by atoms with van der Waals surface area (Å²) in [5.74, 6) is -0.182. The zero-order valence-corrected chi connectivity index (χ0v) is 15.1. The van der Waals surface area contributed by atoms with E-state index in [1.807, 2.05) is 12.1 Å². The molecular weight excluding hydrogens is 340 g/mol. The lowest BCUT2D eigenvalue weighted by Gasteiger charge is -2.34. The maximum absolute atomic E-state index is 12.5. The van der Waals surface area contributed by atoms with E-state index in [1.54, 1.807) is 49.0 Å². The van der Waals surface area contributed by atoms with E-state index in [1.165, 1.54) is 4.31 Å². The van der Waals surface area contributed by atoms with Gasteiger partial charge in [0, 0.05) is 24.8 Å². The molecule has 0 spiro atoms. The van der Waals surface area contributed by atoms with Crippen molar-refractivity contribution in [3.05, 3.63) is 53.9 Å². The third kappa shape index (κ3) is 3.59. The summed E-state index contributed by atoms with van der Waals surface area (Å²) in [6, 6.07) is 10.5. The van der Waals surface area contributed by atoms with Gasteiger partial charge < -0.3 is 5.32 Å². The highest BCUT2D eigenvalue weighted by Crippen LogP contribution is 2.24. The minimum atomic E-state index is -3.36. The van der Waals surface area contributed by atoms with Crippen LogP contribution in [0.4, 0.5) is 0 Å². The Kier molecular flexibility index (Phi) is 4.91. The lowest BCUT2D eigenvalue weighted by molar-refractivity contribution is 0.0942. The predicted octanol–water partition coefficient (Wildman–Crippen LogP) is 1.41. The van der Waals surface area contributed by atoms with Gasteiger partial charge in [-0.15, -0.1) is 0 Å². The Hall–Kier alpha value is -2.19. The Bertz CT molecular complexity index is 846. The Morgan fingerprint density at radius 3 is 2.68 bits per heavy atom. The van der Waals surface area contributed by atoms with Crippen LogP contribution >= 0.6 is 0 Å². The minimum absolute atomic E-state index is 0.182. The first-order valence-corrected chi connectivity index (χ1v) is 9.74. The average Bonchev–Trinajstić information content (AvgIpc) is 3.08. The number of hydrogen-bond donors (Lipinski definition) is 1. The summed E-state index contributed by atoms with van der Waals surface area (Å²) >= 11 is 0. The smallest absolute Gasteiger partial charge is 0.251 e. The molecule has 0 radical (unpaired) electrons. The Morgan fingerprint density at radius 1 is 1.28 bits per heavy atom. The molecule has 1 aromatic carbocycles. The normalized spacial score (nSPS) is 18.1. The van der Waals surface area contributed by atoms with E-state index < -0.39 is 15.3 Å². The number of aromatic nitrogens is 2. The topological polar surface area (TPSA) is 84.3 Å². The molecule has 134 valence electrons. The number of sulfonamides is 1. The number of nitrogens with one attached hydrogen (secondary N) is 1. The van der Waals surface area contributed by atoms with Crippen molar-refractivity contribution in [2.75, 3.05) is 13.1 Å². The first-order chi connectivity index (χ1) is 11.9. The van der Waals surface area contributed by atoms with Crippen LogP contribution in [0.3, 0.4) is 0 Å². The van der Waals surface area contributed by atoms with E-state index in [-0.39, 0.29) is 11.9 Å². The van der Waals surface area contributed by atoms with E-state index in [0.29, 0.717) is 25.2 Å². The summed E-state index contributed by atoms with van der Waals surface area (Å²) < 4.78 is 28.3. The van der Waals surface area contributed by atoms with E-state index >= 15 is 0 Å². The van der Waals surface area contributed by atoms with Crippen molar-refractivity contribution in [3.63, 3.8) is 0 Å². The van der Waals surface area contributed by atoms with Gasteiger partial charge in [-0.05, 0) is 32.0 Å². The highest BCUT2D eigenvalue weighted by molar-refractivity contribution is 7.89. The molecule has 8 heteroatoms. The van der Waals surface area contributed by atoms with Crippen LogP contribution in [-0.2, 0) is 16.6 Å². The van der Waals surface area contributed by atoms with Crippen molar-refractivity contribution < 1.29 is 13.2 Å². The van der Waals surface area contributed by atoms with Crippen LogP contribution in [-0.4, -0.2) is 46.8 Å². The first-order valence-electron chi connectivity index (χ1n) is 8.24. The second-order valence-electron chi connectivity index (χ2n) is 6.38. The molecule has 2 heterocycles. The monoisotopic (exact) mass is 362 g/mol. The summed E-state index contributed by atoms with van der Waals surface area (Å²) in [4.78, 5) is 12.3. The number of amides is 1. The van der Waals surface area contributed by atoms with Gasteiger partial charge in [0.25, 0.3) is 5.91 Å². The second-order valence-corrected chi connectivity index (χ2v) is 8.87. The SMILES string of the molecule is CC(C)S(=O)(=O)N1Cc2ccnn2C(CNC(=O)c2ccccc2)C1. The van der Waals surface area contributed by atoms with Gasteiger partial charge in [0.2, 0.25) is 10.0 Å². The van der Waals surface area contributed by atoms with Crippen molar-refractivity contribution in [1.82, 2.24) is 19.4 Å². The van der Waals surface area contributed by atoms with Crippen molar-refractivity contribution in [3.8, 4) is 0 Å². The summed E-state index contributed by atoms with van der Waals surface area (Å²) in [6.45, 7) is 4.27. The Morgan fingerprint density at radius 2 is 2.00 bits per heavy atom. The number of nitrogens with zero attached hydrogens (tertiary/aromatic N) is 3. The summed E-state index contributed by atoms with van der Waals surface area (Å²) in [6.07, 6.45) is 1.66. The lowest BCUT2D eigenvalue weighted by Crippen LogP contribution is -2.47. The summed E-state index contributed by atoms with van der Waals surface area (Å²) in [5, 5.41) is 6.69. The molecule has 0 aliphatic carbocycles. The van der Waals surface area contributed by atoms with Gasteiger partial charge in [-0.2, -0.15) is 9.40 Å². The number of carbonyl (C=O) groups is 1. The molecule has 1 aliphatic heterocycles. The van der Waals surface area contributed by atoms with Crippen LogP contribution in [0.25, 0.3) is 0 Å². The van der Waals surface area contributed by atoms with Gasteiger partial charge in [-0.3, -0.25) is 9.48 Å². The molecule has 3 rings (SSSR count). The van der Waals surface area contributed by atoms with Crippen LogP contribution in [0, 0.1) is 0 Å². The fraction of sp³-hybridized carbons (Fsp3) is 0.412. The average molecular weight is 362 g/mol. The van der Waals surface area contributed by atoms with Crippen molar-refractivity contribution >= 4 is 15.9 Å². The highest BCUT2D eigenvalue weighted by atomic mass is 32.2. The molecule has 2 aromatic rings. The van der Waals surface area contributed by atoms with E-state index in [2.05, 4.69) is 10.4 Å². The molecule has 1 aromatic heterocycles. The Labute approximate surface area is 147 Å². The van der Waals surface area contributed by atoms with E-state index in [0.717, 1.165) is 5.69 Å². The van der Waals surface area contributed by atoms with Crippen LogP contribution in [0.15, 0.2) is 42.6 Å². The second kappa shape index (κ2) is 6.97. The first kappa shape index (κ1) is 17.6. The fourth-order valence-corrected chi connectivity index (χ4v) is 4.19. The quantitative estimate of drug-likeness (QED) is 0.872. The van der Waals surface area contributed by atoms with Crippen molar-refractivity contribution in [1.29, 1.82) is 0 Å². The van der Waals surface area contributed by atoms with Crippen LogP contribution in [0.2, 0.25) is 0 Å². The molecule has 0 bridgehead atoms. The number of fused-ring (bicyclic) bond motifs is 1. The lowest BCUT2D eigenvalue weighted by atomic mass is 10.2. The Balaban J connectivity index is 1.75. The molecule has 1 amide bonds. The highest BCUT2D eigenvalue weighted by Gasteiger charge is 2.34. The zero-order valence-electron chi connectivity index (χ0n) is 14.3. The van der Waals surface area contributed by atoms with Crippen LogP contribution < -0.4 is 5.32 Å². The van der Waals surface area contributed by atoms with E-state index in [9.17, 15) is 13.2 Å². The number of hydrogen-bond acceptors (Lipinski definition) is 4. The molecule has 1 N–H and O–H groups in total. The molecule has 7 nitrogen and oxygen atoms in total. The molecule has 1 unspecified atom stereocenters. The van der Waals surface area contributed by atoms with Crippen molar-refractivity contribution in [2.24, 2.45) is 0 Å².